The van der Waals surface area contributed by atoms with E-state index >= 15 is 0 Å². The molecule has 1 aromatic heterocycles. The minimum atomic E-state index is 0. The largest absolute Gasteiger partial charge is 1.00 e. The number of hydrogen-bond donors (Lipinski definition) is 0. The molecule has 8 aliphatic carbocycles. The van der Waals surface area contributed by atoms with Crippen molar-refractivity contribution in [2.75, 3.05) is 0 Å². The maximum absolute atomic E-state index is 2.73. The molecule has 9 rings (SSSR count). The highest BCUT2D eigenvalue weighted by molar-refractivity contribution is 5.06. The molecular formula is C23H33BrN2. The Bertz CT molecular complexity index is 590. The van der Waals surface area contributed by atoms with Crippen LogP contribution in [-0.4, -0.2) is 4.57 Å². The number of hydrogen-bond acceptors (Lipinski definition) is 0. The minimum absolute atomic E-state index is 0. The van der Waals surface area contributed by atoms with E-state index in [2.05, 4.69) is 27.9 Å². The molecular weight excluding hydrogens is 384 g/mol. The van der Waals surface area contributed by atoms with Crippen molar-refractivity contribution in [1.82, 2.24) is 4.57 Å². The average Bonchev–Trinajstić information content (AvgIpc) is 3.04. The molecule has 8 fully saturated rings. The first-order valence-electron chi connectivity index (χ1n) is 11.3. The van der Waals surface area contributed by atoms with Crippen LogP contribution in [0.3, 0.4) is 0 Å². The van der Waals surface area contributed by atoms with Gasteiger partial charge in [0.25, 0.3) is 0 Å². The third-order valence-corrected chi connectivity index (χ3v) is 9.74. The summed E-state index contributed by atoms with van der Waals surface area (Å²) in [5.74, 6) is 6.26. The van der Waals surface area contributed by atoms with Crippen LogP contribution in [0.5, 0.6) is 0 Å². The lowest BCUT2D eigenvalue weighted by Crippen LogP contribution is -3.00. The average molecular weight is 417 g/mol. The van der Waals surface area contributed by atoms with E-state index in [-0.39, 0.29) is 17.0 Å². The van der Waals surface area contributed by atoms with Gasteiger partial charge < -0.3 is 17.0 Å². The quantitative estimate of drug-likeness (QED) is 0.647. The van der Waals surface area contributed by atoms with Crippen molar-refractivity contribution in [3.8, 4) is 0 Å². The van der Waals surface area contributed by atoms with Crippen molar-refractivity contribution in [3.63, 3.8) is 0 Å². The molecule has 0 spiro atoms. The molecule has 1 aromatic rings. The van der Waals surface area contributed by atoms with Gasteiger partial charge in [-0.3, -0.25) is 0 Å². The zero-order valence-electron chi connectivity index (χ0n) is 16.0. The third-order valence-electron chi connectivity index (χ3n) is 9.74. The Kier molecular flexibility index (Phi) is 3.45. The third kappa shape index (κ3) is 2.19. The van der Waals surface area contributed by atoms with Crippen LogP contribution in [0, 0.1) is 35.5 Å². The van der Waals surface area contributed by atoms with E-state index in [4.69, 9.17) is 0 Å². The Labute approximate surface area is 168 Å². The molecule has 1 heterocycles. The number of aromatic nitrogens is 2. The molecule has 0 N–H and O–H groups in total. The van der Waals surface area contributed by atoms with Gasteiger partial charge in [0.1, 0.15) is 23.5 Å². The van der Waals surface area contributed by atoms with E-state index in [0.29, 0.717) is 11.1 Å². The molecule has 8 aliphatic rings. The fourth-order valence-electron chi connectivity index (χ4n) is 9.68. The second kappa shape index (κ2) is 5.39. The van der Waals surface area contributed by atoms with Crippen LogP contribution in [0.4, 0.5) is 0 Å². The molecule has 0 radical (unpaired) electrons. The topological polar surface area (TPSA) is 8.81 Å². The lowest BCUT2D eigenvalue weighted by Gasteiger charge is -2.55. The Morgan fingerprint density at radius 1 is 0.654 bits per heavy atom. The minimum Gasteiger partial charge on any atom is -1.00 e. The van der Waals surface area contributed by atoms with Crippen molar-refractivity contribution >= 4 is 0 Å². The van der Waals surface area contributed by atoms with E-state index < -0.39 is 0 Å². The molecule has 0 aromatic carbocycles. The smallest absolute Gasteiger partial charge is 0.244 e. The molecule has 0 amide bonds. The molecule has 8 bridgehead atoms. The highest BCUT2D eigenvalue weighted by Gasteiger charge is 2.57. The molecule has 142 valence electrons. The summed E-state index contributed by atoms with van der Waals surface area (Å²) in [6.07, 6.45) is 25.8. The summed E-state index contributed by atoms with van der Waals surface area (Å²) in [4.78, 5) is 0. The first kappa shape index (κ1) is 16.6. The highest BCUT2D eigenvalue weighted by atomic mass is 79.9. The van der Waals surface area contributed by atoms with Crippen LogP contribution >= 0.6 is 0 Å². The molecule has 0 saturated heterocycles. The zero-order valence-corrected chi connectivity index (χ0v) is 17.5. The summed E-state index contributed by atoms with van der Waals surface area (Å²) in [5.41, 5.74) is 1.00. The normalized spacial score (nSPS) is 53.1. The second-order valence-corrected chi connectivity index (χ2v) is 11.5. The fraction of sp³-hybridized carbons (Fsp3) is 0.870. The van der Waals surface area contributed by atoms with Gasteiger partial charge in [-0.2, -0.15) is 0 Å². The summed E-state index contributed by atoms with van der Waals surface area (Å²) < 4.78 is 5.46. The lowest BCUT2D eigenvalue weighted by molar-refractivity contribution is -0.776. The van der Waals surface area contributed by atoms with Gasteiger partial charge in [-0.15, -0.1) is 0 Å². The maximum Gasteiger partial charge on any atom is 0.244 e. The van der Waals surface area contributed by atoms with E-state index in [9.17, 15) is 0 Å². The van der Waals surface area contributed by atoms with Crippen LogP contribution in [0.25, 0.3) is 0 Å². The molecule has 8 saturated carbocycles. The Morgan fingerprint density at radius 3 is 1.54 bits per heavy atom. The van der Waals surface area contributed by atoms with Crippen molar-refractivity contribution in [2.24, 2.45) is 35.5 Å². The van der Waals surface area contributed by atoms with Gasteiger partial charge in [0, 0.05) is 0 Å². The van der Waals surface area contributed by atoms with E-state index in [1.54, 1.807) is 38.5 Å². The second-order valence-electron chi connectivity index (χ2n) is 11.5. The molecule has 2 nitrogen and oxygen atoms in total. The Balaban J connectivity index is 0.00000137. The van der Waals surface area contributed by atoms with Crippen LogP contribution < -0.4 is 21.5 Å². The summed E-state index contributed by atoms with van der Waals surface area (Å²) >= 11 is 0. The van der Waals surface area contributed by atoms with Crippen molar-refractivity contribution in [2.45, 2.75) is 88.1 Å². The lowest BCUT2D eigenvalue weighted by atomic mass is 9.53. The van der Waals surface area contributed by atoms with Crippen LogP contribution in [0.2, 0.25) is 0 Å². The molecule has 0 unspecified atom stereocenters. The van der Waals surface area contributed by atoms with Crippen LogP contribution in [0.15, 0.2) is 18.7 Å². The van der Waals surface area contributed by atoms with E-state index in [1.807, 2.05) is 0 Å². The van der Waals surface area contributed by atoms with Gasteiger partial charge in [-0.25, -0.2) is 9.13 Å². The summed E-state index contributed by atoms with van der Waals surface area (Å²) in [6.45, 7) is 0. The number of imidazole rings is 1. The Morgan fingerprint density at radius 2 is 1.08 bits per heavy atom. The van der Waals surface area contributed by atoms with Gasteiger partial charge in [0.15, 0.2) is 0 Å². The van der Waals surface area contributed by atoms with E-state index in [0.717, 1.165) is 35.5 Å². The van der Waals surface area contributed by atoms with Gasteiger partial charge >= 0.3 is 0 Å². The van der Waals surface area contributed by atoms with Crippen molar-refractivity contribution < 1.29 is 21.5 Å². The van der Waals surface area contributed by atoms with Crippen LogP contribution in [0.1, 0.15) is 77.0 Å². The van der Waals surface area contributed by atoms with E-state index in [1.165, 1.54) is 38.5 Å². The van der Waals surface area contributed by atoms with Gasteiger partial charge in [0.05, 0.1) is 0 Å². The molecule has 3 heteroatoms. The number of nitrogens with zero attached hydrogens (tertiary/aromatic N) is 2. The van der Waals surface area contributed by atoms with Gasteiger partial charge in [-0.1, -0.05) is 0 Å². The predicted octanol–water partition coefficient (Wildman–Crippen LogP) is 1.63. The highest BCUT2D eigenvalue weighted by Crippen LogP contribution is 2.59. The maximum atomic E-state index is 2.73. The van der Waals surface area contributed by atoms with Crippen LogP contribution in [-0.2, 0) is 11.1 Å². The van der Waals surface area contributed by atoms with Gasteiger partial charge in [-0.05, 0) is 113 Å². The number of halogens is 1. The summed E-state index contributed by atoms with van der Waals surface area (Å²) in [6, 6.07) is 0. The monoisotopic (exact) mass is 416 g/mol. The van der Waals surface area contributed by atoms with Crippen molar-refractivity contribution in [1.29, 1.82) is 0 Å². The first-order valence-corrected chi connectivity index (χ1v) is 11.3. The zero-order chi connectivity index (χ0) is 16.2. The molecule has 0 atom stereocenters. The fourth-order valence-corrected chi connectivity index (χ4v) is 9.68. The summed E-state index contributed by atoms with van der Waals surface area (Å²) in [5, 5.41) is 0. The van der Waals surface area contributed by atoms with Gasteiger partial charge in [0.2, 0.25) is 6.33 Å². The molecule has 0 aliphatic heterocycles. The standard InChI is InChI=1S/C23H33N2.BrH/c1-2-25(23-12-19-6-20(13-23)8-21(7-19)14-23)15-24(1)22-9-16-3-17(10-22)5-18(4-16)11-22;/h1-2,15-21H,3-14H2;1H/q+1;/p-1. The molecule has 26 heavy (non-hydrogen) atoms. The first-order chi connectivity index (χ1) is 12.2. The Hall–Kier alpha value is -0.310. The number of rotatable bonds is 2. The predicted molar refractivity (Wildman–Crippen MR) is 96.9 cm³/mol. The SMILES string of the molecule is [Br-].c1c[n+](C23CC4CC(CC(C4)C2)C3)cn1C12CC3CC(CC(C3)C1)C2. The van der Waals surface area contributed by atoms with Crippen molar-refractivity contribution in [3.05, 3.63) is 18.7 Å². The summed E-state index contributed by atoms with van der Waals surface area (Å²) in [7, 11) is 0.